The molecule has 23 heavy (non-hydrogen) atoms. The van der Waals surface area contributed by atoms with Crippen molar-refractivity contribution >= 4 is 11.9 Å². The summed E-state index contributed by atoms with van der Waals surface area (Å²) in [5.41, 5.74) is 2.19. The molecule has 126 valence electrons. The van der Waals surface area contributed by atoms with Gasteiger partial charge in [-0.1, -0.05) is 0 Å². The molecule has 1 aromatic rings. The Balaban J connectivity index is 2.10. The topological polar surface area (TPSA) is 69.1 Å². The van der Waals surface area contributed by atoms with Gasteiger partial charge in [-0.05, 0) is 37.6 Å². The van der Waals surface area contributed by atoms with Gasteiger partial charge in [-0.15, -0.1) is 0 Å². The molecule has 6 nitrogen and oxygen atoms in total. The van der Waals surface area contributed by atoms with Gasteiger partial charge in [0, 0.05) is 5.56 Å². The molecule has 0 radical (unpaired) electrons. The lowest BCUT2D eigenvalue weighted by atomic mass is 10.1. The second-order valence-electron chi connectivity index (χ2n) is 5.74. The van der Waals surface area contributed by atoms with Gasteiger partial charge >= 0.3 is 5.97 Å². The van der Waals surface area contributed by atoms with Gasteiger partial charge in [0.15, 0.2) is 6.04 Å². The Hall–Kier alpha value is -2.08. The highest BCUT2D eigenvalue weighted by Gasteiger charge is 2.35. The second kappa shape index (κ2) is 7.97. The van der Waals surface area contributed by atoms with Crippen LogP contribution in [0.1, 0.15) is 24.5 Å². The molecule has 0 bridgehead atoms. The molecule has 2 N–H and O–H groups in total. The standard InChI is InChI=1S/C17H24N2O4/c1-4-23-16(20)10-14-17(21)18-7-8-19(14)11-13-5-6-15(22-3)12(2)9-13/h5-6,9,14H,4,7-8,10-11H2,1-3H3,(H,18,21)/p+1/t14-/m1/s1. The summed E-state index contributed by atoms with van der Waals surface area (Å²) in [6, 6.07) is 5.62. The summed E-state index contributed by atoms with van der Waals surface area (Å²) in [4.78, 5) is 25.0. The van der Waals surface area contributed by atoms with Crippen molar-refractivity contribution in [2.24, 2.45) is 0 Å². The summed E-state index contributed by atoms with van der Waals surface area (Å²) < 4.78 is 10.3. The van der Waals surface area contributed by atoms with Crippen molar-refractivity contribution in [2.45, 2.75) is 32.9 Å². The summed E-state index contributed by atoms with van der Waals surface area (Å²) in [7, 11) is 1.65. The molecule has 0 aromatic heterocycles. The number of ether oxygens (including phenoxy) is 2. The number of amides is 1. The largest absolute Gasteiger partial charge is 0.496 e. The lowest BCUT2D eigenvalue weighted by Crippen LogP contribution is -3.18. The fourth-order valence-corrected chi connectivity index (χ4v) is 2.98. The number of quaternary nitrogens is 1. The Morgan fingerprint density at radius 2 is 2.22 bits per heavy atom. The number of carbonyl (C=O) groups excluding carboxylic acids is 2. The Kier molecular flexibility index (Phi) is 5.98. The van der Waals surface area contributed by atoms with Crippen molar-refractivity contribution in [3.8, 4) is 5.75 Å². The lowest BCUT2D eigenvalue weighted by Gasteiger charge is -2.31. The van der Waals surface area contributed by atoms with E-state index in [1.807, 2.05) is 19.1 Å². The zero-order chi connectivity index (χ0) is 16.8. The van der Waals surface area contributed by atoms with E-state index in [9.17, 15) is 9.59 Å². The molecule has 1 fully saturated rings. The van der Waals surface area contributed by atoms with E-state index in [2.05, 4.69) is 11.4 Å². The highest BCUT2D eigenvalue weighted by atomic mass is 16.5. The fourth-order valence-electron chi connectivity index (χ4n) is 2.98. The molecule has 1 aliphatic heterocycles. The Labute approximate surface area is 136 Å². The van der Waals surface area contributed by atoms with E-state index in [-0.39, 0.29) is 18.3 Å². The van der Waals surface area contributed by atoms with Gasteiger partial charge in [-0.25, -0.2) is 0 Å². The van der Waals surface area contributed by atoms with Crippen LogP contribution in [0.15, 0.2) is 18.2 Å². The molecule has 2 rings (SSSR count). The average Bonchev–Trinajstić information content (AvgIpc) is 2.51. The number of esters is 1. The van der Waals surface area contributed by atoms with Crippen molar-refractivity contribution in [3.05, 3.63) is 29.3 Å². The minimum Gasteiger partial charge on any atom is -0.496 e. The Morgan fingerprint density at radius 1 is 1.43 bits per heavy atom. The van der Waals surface area contributed by atoms with E-state index >= 15 is 0 Å². The molecule has 0 spiro atoms. The lowest BCUT2D eigenvalue weighted by molar-refractivity contribution is -0.930. The van der Waals surface area contributed by atoms with Crippen LogP contribution in [0.5, 0.6) is 5.75 Å². The van der Waals surface area contributed by atoms with Crippen molar-refractivity contribution in [1.82, 2.24) is 5.32 Å². The van der Waals surface area contributed by atoms with Crippen molar-refractivity contribution < 1.29 is 24.0 Å². The molecule has 1 aliphatic rings. The van der Waals surface area contributed by atoms with Crippen LogP contribution in [0.2, 0.25) is 0 Å². The molecule has 6 heteroatoms. The number of methoxy groups -OCH3 is 1. The van der Waals surface area contributed by atoms with Crippen LogP contribution in [0.4, 0.5) is 0 Å². The van der Waals surface area contributed by atoms with Gasteiger partial charge in [0.25, 0.3) is 5.91 Å². The molecule has 1 amide bonds. The summed E-state index contributed by atoms with van der Waals surface area (Å²) in [6.07, 6.45) is 0.115. The van der Waals surface area contributed by atoms with Crippen molar-refractivity contribution in [1.29, 1.82) is 0 Å². The summed E-state index contributed by atoms with van der Waals surface area (Å²) >= 11 is 0. The summed E-state index contributed by atoms with van der Waals surface area (Å²) in [5, 5.41) is 2.84. The maximum absolute atomic E-state index is 12.1. The molecule has 2 atom stereocenters. The number of nitrogens with one attached hydrogen (secondary N) is 2. The molecule has 1 aromatic carbocycles. The van der Waals surface area contributed by atoms with E-state index < -0.39 is 6.04 Å². The average molecular weight is 321 g/mol. The van der Waals surface area contributed by atoms with Gasteiger partial charge < -0.3 is 19.7 Å². The molecular weight excluding hydrogens is 296 g/mol. The van der Waals surface area contributed by atoms with Crippen molar-refractivity contribution in [3.63, 3.8) is 0 Å². The number of rotatable bonds is 6. The predicted molar refractivity (Wildman–Crippen MR) is 85.3 cm³/mol. The van der Waals surface area contributed by atoms with Crippen LogP contribution in [0.25, 0.3) is 0 Å². The van der Waals surface area contributed by atoms with E-state index in [0.29, 0.717) is 19.7 Å². The molecule has 0 saturated carbocycles. The van der Waals surface area contributed by atoms with Crippen LogP contribution < -0.4 is 15.0 Å². The number of piperazine rings is 1. The minimum atomic E-state index is -0.398. The quantitative estimate of drug-likeness (QED) is 0.715. The first-order chi connectivity index (χ1) is 11.0. The van der Waals surface area contributed by atoms with Crippen molar-refractivity contribution in [2.75, 3.05) is 26.8 Å². The van der Waals surface area contributed by atoms with E-state index in [1.54, 1.807) is 14.0 Å². The van der Waals surface area contributed by atoms with Crippen LogP contribution in [0.3, 0.4) is 0 Å². The third-order valence-electron chi connectivity index (χ3n) is 4.12. The van der Waals surface area contributed by atoms with Crippen LogP contribution in [-0.2, 0) is 20.9 Å². The van der Waals surface area contributed by atoms with Gasteiger partial charge in [0.05, 0.1) is 26.8 Å². The SMILES string of the molecule is CCOC(=O)C[C@@H]1C(=O)NCC[NH+]1Cc1ccc(OC)c(C)c1. The van der Waals surface area contributed by atoms with Gasteiger partial charge in [0.1, 0.15) is 18.7 Å². The highest BCUT2D eigenvalue weighted by Crippen LogP contribution is 2.18. The normalized spacial score (nSPS) is 20.7. The third kappa shape index (κ3) is 4.45. The van der Waals surface area contributed by atoms with Gasteiger partial charge in [-0.3, -0.25) is 9.59 Å². The summed E-state index contributed by atoms with van der Waals surface area (Å²) in [6.45, 7) is 6.21. The van der Waals surface area contributed by atoms with Crippen LogP contribution in [-0.4, -0.2) is 44.7 Å². The predicted octanol–water partition coefficient (Wildman–Crippen LogP) is -0.160. The van der Waals surface area contributed by atoms with E-state index in [1.165, 1.54) is 0 Å². The molecular formula is C17H25N2O4+. The van der Waals surface area contributed by atoms with Crippen LogP contribution in [0, 0.1) is 6.92 Å². The minimum absolute atomic E-state index is 0.0791. The Bertz CT molecular complexity index is 574. The number of carbonyl (C=O) groups is 2. The second-order valence-corrected chi connectivity index (χ2v) is 5.74. The number of hydrogen-bond acceptors (Lipinski definition) is 4. The first kappa shape index (κ1) is 17.3. The fraction of sp³-hybridized carbons (Fsp3) is 0.529. The van der Waals surface area contributed by atoms with Gasteiger partial charge in [0.2, 0.25) is 0 Å². The number of benzene rings is 1. The molecule has 1 saturated heterocycles. The molecule has 1 unspecified atom stereocenters. The van der Waals surface area contributed by atoms with E-state index in [4.69, 9.17) is 9.47 Å². The molecule has 0 aliphatic carbocycles. The van der Waals surface area contributed by atoms with E-state index in [0.717, 1.165) is 28.3 Å². The first-order valence-electron chi connectivity index (χ1n) is 7.96. The third-order valence-corrected chi connectivity index (χ3v) is 4.12. The maximum Gasteiger partial charge on any atom is 0.312 e. The summed E-state index contributed by atoms with van der Waals surface area (Å²) in [5.74, 6) is 0.450. The smallest absolute Gasteiger partial charge is 0.312 e. The van der Waals surface area contributed by atoms with Gasteiger partial charge in [-0.2, -0.15) is 0 Å². The molecule has 1 heterocycles. The number of aryl methyl sites for hydroxylation is 1. The highest BCUT2D eigenvalue weighted by molar-refractivity contribution is 5.85. The number of hydrogen-bond donors (Lipinski definition) is 2. The monoisotopic (exact) mass is 321 g/mol. The maximum atomic E-state index is 12.1. The Morgan fingerprint density at radius 3 is 2.87 bits per heavy atom. The zero-order valence-corrected chi connectivity index (χ0v) is 14.0. The first-order valence-corrected chi connectivity index (χ1v) is 7.96. The zero-order valence-electron chi connectivity index (χ0n) is 14.0. The van der Waals surface area contributed by atoms with Crippen LogP contribution >= 0.6 is 0 Å².